The average molecular weight is 434 g/mol. The number of nitrogens with zero attached hydrogens (tertiary/aromatic N) is 2. The van der Waals surface area contributed by atoms with Crippen LogP contribution in [0.15, 0.2) is 44.9 Å². The number of thiazole rings is 1. The van der Waals surface area contributed by atoms with E-state index in [1.807, 2.05) is 13.0 Å². The Morgan fingerprint density at radius 3 is 2.90 bits per heavy atom. The Morgan fingerprint density at radius 2 is 2.14 bits per heavy atom. The van der Waals surface area contributed by atoms with Gasteiger partial charge >= 0.3 is 0 Å². The highest BCUT2D eigenvalue weighted by Crippen LogP contribution is 2.25. The standard InChI is InChI=1S/C20H23N3O4S2/c1-13-4-7-21-17(10-13)19(24)23-20-22-16-3-2-15(11-18(16)28-20)29(25,26)12-14-5-8-27-9-6-14/h2-3,7,10-11,13-14H,4-6,8-9,12H2,1H3,(H,22,23,24). The highest BCUT2D eigenvalue weighted by atomic mass is 32.2. The van der Waals surface area contributed by atoms with Crippen molar-refractivity contribution in [2.75, 3.05) is 19.0 Å². The minimum atomic E-state index is -3.38. The summed E-state index contributed by atoms with van der Waals surface area (Å²) in [6.07, 6.45) is 5.92. The second-order valence-electron chi connectivity index (χ2n) is 7.52. The molecular formula is C20H23N3O4S2. The minimum absolute atomic E-state index is 0.134. The number of aromatic amines is 1. The molecule has 1 unspecified atom stereocenters. The summed E-state index contributed by atoms with van der Waals surface area (Å²) in [5.41, 5.74) is 1.09. The maximum atomic E-state index is 12.8. The van der Waals surface area contributed by atoms with E-state index in [2.05, 4.69) is 15.0 Å². The van der Waals surface area contributed by atoms with Gasteiger partial charge in [-0.2, -0.15) is 4.99 Å². The summed E-state index contributed by atoms with van der Waals surface area (Å²) in [5.74, 6) is 0.130. The van der Waals surface area contributed by atoms with Crippen LogP contribution in [0.25, 0.3) is 10.2 Å². The third-order valence-electron chi connectivity index (χ3n) is 5.13. The molecule has 154 valence electrons. The molecule has 1 N–H and O–H groups in total. The molecule has 0 spiro atoms. The van der Waals surface area contributed by atoms with Crippen molar-refractivity contribution < 1.29 is 17.9 Å². The number of rotatable bonds is 4. The van der Waals surface area contributed by atoms with E-state index in [1.165, 1.54) is 11.3 Å². The van der Waals surface area contributed by atoms with Crippen LogP contribution < -0.4 is 4.80 Å². The molecular weight excluding hydrogens is 410 g/mol. The SMILES string of the molecule is CC1C=C(C(=O)/N=c2\[nH]c3ccc(S(=O)(=O)CC4CCOCC4)cc3s2)N=CC1. The first-order valence-electron chi connectivity index (χ1n) is 9.67. The number of carbonyl (C=O) groups excluding carboxylic acids is 1. The van der Waals surface area contributed by atoms with E-state index in [-0.39, 0.29) is 17.6 Å². The van der Waals surface area contributed by atoms with E-state index in [1.54, 1.807) is 24.4 Å². The predicted molar refractivity (Wildman–Crippen MR) is 113 cm³/mol. The molecule has 0 aliphatic carbocycles. The van der Waals surface area contributed by atoms with Crippen LogP contribution in [0.2, 0.25) is 0 Å². The highest BCUT2D eigenvalue weighted by Gasteiger charge is 2.23. The second-order valence-corrected chi connectivity index (χ2v) is 10.6. The maximum Gasteiger partial charge on any atom is 0.297 e. The van der Waals surface area contributed by atoms with Crippen LogP contribution in [0.1, 0.15) is 26.2 Å². The minimum Gasteiger partial charge on any atom is -0.381 e. The number of aromatic nitrogens is 1. The van der Waals surface area contributed by atoms with Crippen LogP contribution in [-0.4, -0.2) is 44.5 Å². The van der Waals surface area contributed by atoms with Gasteiger partial charge in [0.15, 0.2) is 14.6 Å². The third-order valence-corrected chi connectivity index (χ3v) is 7.96. The van der Waals surface area contributed by atoms with Crippen LogP contribution in [0.5, 0.6) is 0 Å². The van der Waals surface area contributed by atoms with Crippen molar-refractivity contribution >= 4 is 43.5 Å². The number of aliphatic imine (C=N–C) groups is 1. The van der Waals surface area contributed by atoms with Crippen molar-refractivity contribution in [2.45, 2.75) is 31.1 Å². The predicted octanol–water partition coefficient (Wildman–Crippen LogP) is 2.85. The Hall–Kier alpha value is -2.10. The zero-order chi connectivity index (χ0) is 20.4. The Labute approximate surface area is 173 Å². The van der Waals surface area contributed by atoms with Gasteiger partial charge in [0.1, 0.15) is 5.70 Å². The van der Waals surface area contributed by atoms with E-state index >= 15 is 0 Å². The number of allylic oxidation sites excluding steroid dienone is 1. The van der Waals surface area contributed by atoms with Crippen molar-refractivity contribution in [2.24, 2.45) is 21.8 Å². The normalized spacial score (nSPS) is 21.5. The molecule has 1 amide bonds. The first-order valence-corrected chi connectivity index (χ1v) is 12.1. The number of H-pyrrole nitrogens is 1. The lowest BCUT2D eigenvalue weighted by molar-refractivity contribution is -0.114. The van der Waals surface area contributed by atoms with Gasteiger partial charge in [0, 0.05) is 19.4 Å². The van der Waals surface area contributed by atoms with Crippen LogP contribution >= 0.6 is 11.3 Å². The fourth-order valence-corrected chi connectivity index (χ4v) is 6.18. The molecule has 7 nitrogen and oxygen atoms in total. The molecule has 4 rings (SSSR count). The van der Waals surface area contributed by atoms with Crippen molar-refractivity contribution in [1.82, 2.24) is 4.98 Å². The van der Waals surface area contributed by atoms with E-state index in [9.17, 15) is 13.2 Å². The number of nitrogens with one attached hydrogen (secondary N) is 1. The number of fused-ring (bicyclic) bond motifs is 1. The zero-order valence-corrected chi connectivity index (χ0v) is 17.8. The van der Waals surface area contributed by atoms with Gasteiger partial charge in [-0.1, -0.05) is 18.3 Å². The molecule has 1 saturated heterocycles. The summed E-state index contributed by atoms with van der Waals surface area (Å²) in [4.78, 5) is 24.4. The zero-order valence-electron chi connectivity index (χ0n) is 16.1. The highest BCUT2D eigenvalue weighted by molar-refractivity contribution is 7.91. The van der Waals surface area contributed by atoms with E-state index < -0.39 is 15.7 Å². The average Bonchev–Trinajstić information content (AvgIpc) is 3.10. The lowest BCUT2D eigenvalue weighted by Crippen LogP contribution is -2.23. The van der Waals surface area contributed by atoms with Gasteiger partial charge in [0.2, 0.25) is 0 Å². The van der Waals surface area contributed by atoms with Gasteiger partial charge < -0.3 is 9.72 Å². The smallest absolute Gasteiger partial charge is 0.297 e. The topological polar surface area (TPSA) is 101 Å². The maximum absolute atomic E-state index is 12.8. The summed E-state index contributed by atoms with van der Waals surface area (Å²) < 4.78 is 31.7. The summed E-state index contributed by atoms with van der Waals surface area (Å²) in [6, 6.07) is 5.00. The quantitative estimate of drug-likeness (QED) is 0.801. The molecule has 0 bridgehead atoms. The fourth-order valence-electron chi connectivity index (χ4n) is 3.47. The molecule has 2 aromatic rings. The van der Waals surface area contributed by atoms with Gasteiger partial charge in [-0.15, -0.1) is 0 Å². The van der Waals surface area contributed by atoms with Crippen LogP contribution in [0, 0.1) is 11.8 Å². The number of amides is 1. The number of hydrogen-bond donors (Lipinski definition) is 1. The van der Waals surface area contributed by atoms with Crippen molar-refractivity contribution in [3.63, 3.8) is 0 Å². The first kappa shape index (κ1) is 20.2. The monoisotopic (exact) mass is 433 g/mol. The number of sulfone groups is 1. The van der Waals surface area contributed by atoms with Crippen LogP contribution in [-0.2, 0) is 19.4 Å². The van der Waals surface area contributed by atoms with Crippen molar-refractivity contribution in [3.05, 3.63) is 34.8 Å². The number of carbonyl (C=O) groups is 1. The molecule has 1 aromatic carbocycles. The molecule has 9 heteroatoms. The Bertz CT molecular complexity index is 1150. The number of benzene rings is 1. The molecule has 0 radical (unpaired) electrons. The Morgan fingerprint density at radius 1 is 1.34 bits per heavy atom. The second kappa shape index (κ2) is 8.33. The van der Waals surface area contributed by atoms with Gasteiger partial charge in [0.05, 0.1) is 20.9 Å². The van der Waals surface area contributed by atoms with Crippen LogP contribution in [0.3, 0.4) is 0 Å². The van der Waals surface area contributed by atoms with Gasteiger partial charge in [0.25, 0.3) is 5.91 Å². The molecule has 2 aliphatic rings. The Kier molecular flexibility index (Phi) is 5.80. The number of hydrogen-bond acceptors (Lipinski definition) is 6. The fraction of sp³-hybridized carbons (Fsp3) is 0.450. The summed E-state index contributed by atoms with van der Waals surface area (Å²) >= 11 is 1.26. The van der Waals surface area contributed by atoms with Crippen molar-refractivity contribution in [3.8, 4) is 0 Å². The van der Waals surface area contributed by atoms with Gasteiger partial charge in [-0.05, 0) is 55.4 Å². The molecule has 1 atom stereocenters. The van der Waals surface area contributed by atoms with E-state index in [4.69, 9.17) is 4.74 Å². The Balaban J connectivity index is 1.59. The molecule has 1 fully saturated rings. The van der Waals surface area contributed by atoms with E-state index in [0.29, 0.717) is 28.6 Å². The lowest BCUT2D eigenvalue weighted by Gasteiger charge is -2.21. The largest absolute Gasteiger partial charge is 0.381 e. The van der Waals surface area contributed by atoms with Crippen molar-refractivity contribution in [1.29, 1.82) is 0 Å². The van der Waals surface area contributed by atoms with Crippen LogP contribution in [0.4, 0.5) is 0 Å². The molecule has 29 heavy (non-hydrogen) atoms. The van der Waals surface area contributed by atoms with Gasteiger partial charge in [-0.3, -0.25) is 9.79 Å². The molecule has 3 heterocycles. The van der Waals surface area contributed by atoms with Gasteiger partial charge in [-0.25, -0.2) is 8.42 Å². The lowest BCUT2D eigenvalue weighted by atomic mass is 10.0. The summed E-state index contributed by atoms with van der Waals surface area (Å²) in [5, 5.41) is 0. The molecule has 0 saturated carbocycles. The summed E-state index contributed by atoms with van der Waals surface area (Å²) in [6.45, 7) is 3.26. The molecule has 1 aromatic heterocycles. The summed E-state index contributed by atoms with van der Waals surface area (Å²) in [7, 11) is -3.38. The first-order chi connectivity index (χ1) is 13.9. The third kappa shape index (κ3) is 4.73. The molecule has 2 aliphatic heterocycles. The van der Waals surface area contributed by atoms with E-state index in [0.717, 1.165) is 29.5 Å². The number of ether oxygens (including phenoxy) is 1.